The lowest BCUT2D eigenvalue weighted by atomic mass is 10.1. The van der Waals surface area contributed by atoms with Gasteiger partial charge in [0, 0.05) is 10.0 Å². The SMILES string of the molecule is O=C(NNC(=O)c1cc(Br)c(Br)s1)c1cc(-c2ccccc2)n[nH]1. The Labute approximate surface area is 157 Å². The number of benzene rings is 1. The average molecular weight is 470 g/mol. The molecule has 0 atom stereocenters. The molecule has 6 nitrogen and oxygen atoms in total. The number of hydrogen-bond donors (Lipinski definition) is 3. The summed E-state index contributed by atoms with van der Waals surface area (Å²) < 4.78 is 1.59. The number of hydrogen-bond acceptors (Lipinski definition) is 4. The first-order valence-electron chi connectivity index (χ1n) is 6.71. The first-order valence-corrected chi connectivity index (χ1v) is 9.11. The Bertz CT molecular complexity index is 873. The number of halogens is 2. The van der Waals surface area contributed by atoms with Crippen LogP contribution >= 0.6 is 43.2 Å². The lowest BCUT2D eigenvalue weighted by Crippen LogP contribution is -2.41. The maximum absolute atomic E-state index is 12.1. The fraction of sp³-hybridized carbons (Fsp3) is 0. The summed E-state index contributed by atoms with van der Waals surface area (Å²) in [7, 11) is 0. The van der Waals surface area contributed by atoms with Gasteiger partial charge in [-0.1, -0.05) is 30.3 Å². The van der Waals surface area contributed by atoms with Gasteiger partial charge in [-0.05, 0) is 44.0 Å². The van der Waals surface area contributed by atoms with Crippen molar-refractivity contribution in [3.8, 4) is 11.3 Å². The predicted octanol–water partition coefficient (Wildman–Crippen LogP) is 3.74. The number of carbonyl (C=O) groups is 2. The molecule has 0 radical (unpaired) electrons. The highest BCUT2D eigenvalue weighted by atomic mass is 79.9. The van der Waals surface area contributed by atoms with E-state index in [9.17, 15) is 9.59 Å². The highest BCUT2D eigenvalue weighted by Gasteiger charge is 2.15. The van der Waals surface area contributed by atoms with Crippen LogP contribution in [0, 0.1) is 0 Å². The van der Waals surface area contributed by atoms with Crippen LogP contribution in [0.4, 0.5) is 0 Å². The van der Waals surface area contributed by atoms with Crippen LogP contribution < -0.4 is 10.9 Å². The molecule has 0 aliphatic heterocycles. The Kier molecular flexibility index (Phi) is 5.12. The fourth-order valence-corrected chi connectivity index (χ4v) is 3.83. The zero-order chi connectivity index (χ0) is 17.1. The molecule has 3 rings (SSSR count). The third-order valence-electron chi connectivity index (χ3n) is 3.05. The number of thiophene rings is 1. The van der Waals surface area contributed by atoms with E-state index < -0.39 is 11.8 Å². The molecular weight excluding hydrogens is 460 g/mol. The topological polar surface area (TPSA) is 86.9 Å². The number of nitrogens with zero attached hydrogens (tertiary/aromatic N) is 1. The summed E-state index contributed by atoms with van der Waals surface area (Å²) >= 11 is 7.88. The number of hydrazine groups is 1. The molecule has 24 heavy (non-hydrogen) atoms. The Morgan fingerprint density at radius 2 is 1.75 bits per heavy atom. The molecular formula is C15H10Br2N4O2S. The van der Waals surface area contributed by atoms with Gasteiger partial charge in [-0.15, -0.1) is 11.3 Å². The summed E-state index contributed by atoms with van der Waals surface area (Å²) in [5.41, 5.74) is 6.52. The second kappa shape index (κ2) is 7.29. The van der Waals surface area contributed by atoms with Crippen LogP contribution in [0.5, 0.6) is 0 Å². The molecule has 1 aromatic carbocycles. The molecule has 3 aromatic rings. The number of aromatic amines is 1. The van der Waals surface area contributed by atoms with Crippen LogP contribution in [0.3, 0.4) is 0 Å². The molecule has 0 aliphatic rings. The van der Waals surface area contributed by atoms with Gasteiger partial charge in [-0.25, -0.2) is 0 Å². The quantitative estimate of drug-likeness (QED) is 0.510. The first kappa shape index (κ1) is 16.9. The van der Waals surface area contributed by atoms with Gasteiger partial charge in [-0.3, -0.25) is 25.5 Å². The van der Waals surface area contributed by atoms with Crippen molar-refractivity contribution in [2.45, 2.75) is 0 Å². The summed E-state index contributed by atoms with van der Waals surface area (Å²) in [6.07, 6.45) is 0. The second-order valence-electron chi connectivity index (χ2n) is 4.67. The fourth-order valence-electron chi connectivity index (χ4n) is 1.90. The van der Waals surface area contributed by atoms with Crippen LogP contribution in [0.2, 0.25) is 0 Å². The van der Waals surface area contributed by atoms with Crippen LogP contribution in [0.1, 0.15) is 20.2 Å². The summed E-state index contributed by atoms with van der Waals surface area (Å²) in [6.45, 7) is 0. The van der Waals surface area contributed by atoms with E-state index in [2.05, 4.69) is 52.9 Å². The maximum Gasteiger partial charge on any atom is 0.287 e. The molecule has 0 spiro atoms. The average Bonchev–Trinajstić information content (AvgIpc) is 3.21. The van der Waals surface area contributed by atoms with E-state index in [1.165, 1.54) is 11.3 Å². The van der Waals surface area contributed by atoms with Gasteiger partial charge < -0.3 is 0 Å². The Hall–Kier alpha value is -1.97. The highest BCUT2D eigenvalue weighted by Crippen LogP contribution is 2.32. The lowest BCUT2D eigenvalue weighted by Gasteiger charge is -2.04. The van der Waals surface area contributed by atoms with Crippen LogP contribution in [-0.4, -0.2) is 22.0 Å². The molecule has 2 heterocycles. The van der Waals surface area contributed by atoms with Gasteiger partial charge in [0.25, 0.3) is 11.8 Å². The number of nitrogens with one attached hydrogen (secondary N) is 3. The number of carbonyl (C=O) groups excluding carboxylic acids is 2. The van der Waals surface area contributed by atoms with Crippen molar-refractivity contribution in [1.29, 1.82) is 0 Å². The summed E-state index contributed by atoms with van der Waals surface area (Å²) in [4.78, 5) is 24.5. The minimum atomic E-state index is -0.479. The van der Waals surface area contributed by atoms with Crippen molar-refractivity contribution < 1.29 is 9.59 Å². The first-order chi connectivity index (χ1) is 11.5. The summed E-state index contributed by atoms with van der Waals surface area (Å²) in [6, 6.07) is 12.8. The number of amides is 2. The van der Waals surface area contributed by atoms with Crippen molar-refractivity contribution in [3.63, 3.8) is 0 Å². The smallest absolute Gasteiger partial charge is 0.272 e. The Balaban J connectivity index is 1.63. The van der Waals surface area contributed by atoms with Crippen molar-refractivity contribution in [2.24, 2.45) is 0 Å². The van der Waals surface area contributed by atoms with E-state index in [-0.39, 0.29) is 5.69 Å². The summed E-state index contributed by atoms with van der Waals surface area (Å²) in [5.74, 6) is -0.879. The zero-order valence-electron chi connectivity index (χ0n) is 12.0. The van der Waals surface area contributed by atoms with Crippen molar-refractivity contribution >= 4 is 55.0 Å². The molecule has 3 N–H and O–H groups in total. The minimum Gasteiger partial charge on any atom is -0.272 e. The van der Waals surface area contributed by atoms with Crippen molar-refractivity contribution in [2.75, 3.05) is 0 Å². The molecule has 2 amide bonds. The van der Waals surface area contributed by atoms with E-state index in [1.54, 1.807) is 12.1 Å². The normalized spacial score (nSPS) is 10.4. The Morgan fingerprint density at radius 3 is 2.42 bits per heavy atom. The Morgan fingerprint density at radius 1 is 1.04 bits per heavy atom. The molecule has 0 aliphatic carbocycles. The molecule has 0 bridgehead atoms. The molecule has 9 heteroatoms. The molecule has 0 fully saturated rings. The monoisotopic (exact) mass is 468 g/mol. The van der Waals surface area contributed by atoms with Crippen molar-refractivity contribution in [3.05, 3.63) is 61.3 Å². The van der Waals surface area contributed by atoms with E-state index in [1.807, 2.05) is 30.3 Å². The lowest BCUT2D eigenvalue weighted by molar-refractivity contribution is 0.0846. The van der Waals surface area contributed by atoms with Gasteiger partial charge in [0.2, 0.25) is 0 Å². The van der Waals surface area contributed by atoms with E-state index in [0.717, 1.165) is 13.8 Å². The predicted molar refractivity (Wildman–Crippen MR) is 98.7 cm³/mol. The molecule has 0 saturated heterocycles. The minimum absolute atomic E-state index is 0.252. The number of rotatable bonds is 3. The van der Waals surface area contributed by atoms with E-state index >= 15 is 0 Å². The van der Waals surface area contributed by atoms with Crippen LogP contribution in [0.25, 0.3) is 11.3 Å². The van der Waals surface area contributed by atoms with Gasteiger partial charge in [0.15, 0.2) is 0 Å². The largest absolute Gasteiger partial charge is 0.287 e. The van der Waals surface area contributed by atoms with Gasteiger partial charge in [0.05, 0.1) is 14.4 Å². The van der Waals surface area contributed by atoms with Gasteiger partial charge in [-0.2, -0.15) is 5.10 Å². The van der Waals surface area contributed by atoms with Crippen molar-refractivity contribution in [1.82, 2.24) is 21.0 Å². The third kappa shape index (κ3) is 3.74. The zero-order valence-corrected chi connectivity index (χ0v) is 16.0. The van der Waals surface area contributed by atoms with Gasteiger partial charge in [0.1, 0.15) is 5.69 Å². The summed E-state index contributed by atoms with van der Waals surface area (Å²) in [5, 5.41) is 6.75. The standard InChI is InChI=1S/C15H10Br2N4O2S/c16-9-6-12(24-13(9)17)15(23)21-20-14(22)11-7-10(18-19-11)8-4-2-1-3-5-8/h1-7H,(H,18,19)(H,20,22)(H,21,23). The number of H-pyrrole nitrogens is 1. The molecule has 0 unspecified atom stereocenters. The van der Waals surface area contributed by atoms with E-state index in [4.69, 9.17) is 0 Å². The second-order valence-corrected chi connectivity index (χ2v) is 7.90. The van der Waals surface area contributed by atoms with Gasteiger partial charge >= 0.3 is 0 Å². The highest BCUT2D eigenvalue weighted by molar-refractivity contribution is 9.13. The molecule has 122 valence electrons. The third-order valence-corrected chi connectivity index (χ3v) is 6.31. The van der Waals surface area contributed by atoms with Crippen LogP contribution in [0.15, 0.2) is 50.7 Å². The maximum atomic E-state index is 12.1. The molecule has 2 aromatic heterocycles. The van der Waals surface area contributed by atoms with Crippen LogP contribution in [-0.2, 0) is 0 Å². The molecule has 0 saturated carbocycles. The number of aromatic nitrogens is 2. The van der Waals surface area contributed by atoms with E-state index in [0.29, 0.717) is 10.6 Å².